The lowest BCUT2D eigenvalue weighted by molar-refractivity contribution is -0.120. The van der Waals surface area contributed by atoms with Gasteiger partial charge in [-0.25, -0.2) is 5.43 Å². The number of hydrogen-bond acceptors (Lipinski definition) is 4. The van der Waals surface area contributed by atoms with Crippen molar-refractivity contribution < 1.29 is 15.0 Å². The summed E-state index contributed by atoms with van der Waals surface area (Å²) in [5.74, 6) is -0.571. The average molecular weight is 557 g/mol. The second-order valence-electron chi connectivity index (χ2n) is 5.68. The third-order valence-electron chi connectivity index (χ3n) is 3.90. The Labute approximate surface area is 180 Å². The Morgan fingerprint density at radius 3 is 2.44 bits per heavy atom. The fraction of sp³-hybridized carbons (Fsp3) is 0.0526. The Balaban J connectivity index is 1.75. The van der Waals surface area contributed by atoms with Crippen LogP contribution in [0.25, 0.3) is 10.8 Å². The van der Waals surface area contributed by atoms with Gasteiger partial charge in [0.25, 0.3) is 0 Å². The Kier molecular flexibility index (Phi) is 6.18. The number of nitrogens with zero attached hydrogens (tertiary/aromatic N) is 1. The molecule has 0 aliphatic heterocycles. The molecule has 0 radical (unpaired) electrons. The highest BCUT2D eigenvalue weighted by atomic mass is 79.9. The van der Waals surface area contributed by atoms with Crippen LogP contribution in [0.4, 0.5) is 0 Å². The van der Waals surface area contributed by atoms with E-state index in [1.807, 2.05) is 36.4 Å². The molecule has 0 fully saturated rings. The molecule has 0 aliphatic rings. The first-order valence-electron chi connectivity index (χ1n) is 7.76. The quantitative estimate of drug-likeness (QED) is 0.304. The molecule has 0 aliphatic carbocycles. The van der Waals surface area contributed by atoms with Crippen LogP contribution in [0.1, 0.15) is 11.1 Å². The van der Waals surface area contributed by atoms with E-state index in [9.17, 15) is 15.0 Å². The Morgan fingerprint density at radius 1 is 1.00 bits per heavy atom. The summed E-state index contributed by atoms with van der Waals surface area (Å²) in [7, 11) is 0. The maximum absolute atomic E-state index is 12.2. The summed E-state index contributed by atoms with van der Waals surface area (Å²) in [5.41, 5.74) is 3.68. The van der Waals surface area contributed by atoms with Crippen LogP contribution in [-0.2, 0) is 11.2 Å². The van der Waals surface area contributed by atoms with Gasteiger partial charge >= 0.3 is 0 Å². The minimum atomic E-state index is -0.282. The van der Waals surface area contributed by atoms with E-state index < -0.39 is 0 Å². The number of phenolic OH excluding ortho intramolecular Hbond substituents is 2. The van der Waals surface area contributed by atoms with Gasteiger partial charge < -0.3 is 10.2 Å². The number of hydrazone groups is 1. The van der Waals surface area contributed by atoms with Crippen LogP contribution in [-0.4, -0.2) is 22.3 Å². The van der Waals surface area contributed by atoms with E-state index in [1.54, 1.807) is 0 Å². The number of hydrogen-bond donors (Lipinski definition) is 3. The van der Waals surface area contributed by atoms with Crippen molar-refractivity contribution in [2.75, 3.05) is 0 Å². The Hall–Kier alpha value is -1.90. The maximum Gasteiger partial charge on any atom is 0.244 e. The van der Waals surface area contributed by atoms with Gasteiger partial charge in [0.1, 0.15) is 16.0 Å². The predicted octanol–water partition coefficient (Wildman–Crippen LogP) is 5.23. The number of halogens is 3. The van der Waals surface area contributed by atoms with Crippen LogP contribution in [0.3, 0.4) is 0 Å². The fourth-order valence-corrected chi connectivity index (χ4v) is 4.21. The first kappa shape index (κ1) is 19.9. The lowest BCUT2D eigenvalue weighted by Crippen LogP contribution is -2.20. The number of aromatic hydroxyl groups is 2. The molecule has 0 atom stereocenters. The van der Waals surface area contributed by atoms with E-state index >= 15 is 0 Å². The second-order valence-corrected chi connectivity index (χ2v) is 8.18. The predicted molar refractivity (Wildman–Crippen MR) is 116 cm³/mol. The van der Waals surface area contributed by atoms with Gasteiger partial charge in [0, 0.05) is 10.0 Å². The van der Waals surface area contributed by atoms with Gasteiger partial charge in [0.2, 0.25) is 5.91 Å². The minimum absolute atomic E-state index is 0.115. The smallest absolute Gasteiger partial charge is 0.244 e. The van der Waals surface area contributed by atoms with Crippen LogP contribution in [0.2, 0.25) is 0 Å². The SMILES string of the molecule is O=C(Cc1ccc(Br)c2ccccc12)NN=Cc1cc(Br)c(O)c(Br)c1O. The molecule has 138 valence electrons. The molecule has 3 rings (SSSR count). The topological polar surface area (TPSA) is 81.9 Å². The molecular weight excluding hydrogens is 544 g/mol. The number of nitrogens with one attached hydrogen (secondary N) is 1. The summed E-state index contributed by atoms with van der Waals surface area (Å²) < 4.78 is 1.51. The fourth-order valence-electron chi connectivity index (χ4n) is 2.58. The van der Waals surface area contributed by atoms with Gasteiger partial charge in [0.15, 0.2) is 0 Å². The van der Waals surface area contributed by atoms with Gasteiger partial charge in [-0.05, 0) is 60.3 Å². The highest BCUT2D eigenvalue weighted by Gasteiger charge is 2.13. The highest BCUT2D eigenvalue weighted by Crippen LogP contribution is 2.40. The molecule has 0 bridgehead atoms. The summed E-state index contributed by atoms with van der Waals surface area (Å²) >= 11 is 9.79. The molecule has 3 aromatic rings. The molecule has 0 unspecified atom stereocenters. The number of carbonyl (C=O) groups is 1. The monoisotopic (exact) mass is 554 g/mol. The number of phenols is 2. The van der Waals surface area contributed by atoms with Crippen LogP contribution >= 0.6 is 47.8 Å². The lowest BCUT2D eigenvalue weighted by Gasteiger charge is -2.08. The van der Waals surface area contributed by atoms with Crippen LogP contribution in [0.15, 0.2) is 61.0 Å². The first-order chi connectivity index (χ1) is 12.9. The van der Waals surface area contributed by atoms with E-state index in [1.165, 1.54) is 12.3 Å². The third-order valence-corrected chi connectivity index (χ3v) is 5.95. The van der Waals surface area contributed by atoms with Gasteiger partial charge in [-0.15, -0.1) is 0 Å². The molecule has 5 nitrogen and oxygen atoms in total. The molecule has 0 aromatic heterocycles. The number of fused-ring (bicyclic) bond motifs is 1. The molecule has 1 amide bonds. The maximum atomic E-state index is 12.2. The summed E-state index contributed by atoms with van der Waals surface area (Å²) in [4.78, 5) is 12.2. The summed E-state index contributed by atoms with van der Waals surface area (Å²) in [6.45, 7) is 0. The van der Waals surface area contributed by atoms with E-state index in [2.05, 4.69) is 58.3 Å². The Bertz CT molecular complexity index is 1070. The normalized spacial score (nSPS) is 11.2. The highest BCUT2D eigenvalue weighted by molar-refractivity contribution is 9.11. The lowest BCUT2D eigenvalue weighted by atomic mass is 10.0. The van der Waals surface area contributed by atoms with Crippen molar-refractivity contribution in [2.45, 2.75) is 6.42 Å². The van der Waals surface area contributed by atoms with E-state index in [0.717, 1.165) is 20.8 Å². The zero-order valence-corrected chi connectivity index (χ0v) is 18.5. The molecule has 3 aromatic carbocycles. The third kappa shape index (κ3) is 4.34. The molecular formula is C19H13Br3N2O3. The van der Waals surface area contributed by atoms with Crippen molar-refractivity contribution in [3.8, 4) is 11.5 Å². The molecule has 0 saturated heterocycles. The average Bonchev–Trinajstić information content (AvgIpc) is 2.66. The van der Waals surface area contributed by atoms with Crippen LogP contribution < -0.4 is 5.43 Å². The zero-order valence-electron chi connectivity index (χ0n) is 13.7. The van der Waals surface area contributed by atoms with Gasteiger partial charge in [0.05, 0.1) is 17.1 Å². The molecule has 3 N–H and O–H groups in total. The second kappa shape index (κ2) is 8.41. The number of amides is 1. The van der Waals surface area contributed by atoms with Crippen molar-refractivity contribution in [3.63, 3.8) is 0 Å². The largest absolute Gasteiger partial charge is 0.506 e. The number of benzene rings is 3. The van der Waals surface area contributed by atoms with E-state index in [-0.39, 0.29) is 28.3 Å². The van der Waals surface area contributed by atoms with E-state index in [0.29, 0.717) is 10.0 Å². The van der Waals surface area contributed by atoms with Crippen LogP contribution in [0.5, 0.6) is 11.5 Å². The molecule has 8 heteroatoms. The molecule has 0 heterocycles. The van der Waals surface area contributed by atoms with Gasteiger partial charge in [-0.2, -0.15) is 5.10 Å². The number of rotatable bonds is 4. The Morgan fingerprint density at radius 2 is 1.70 bits per heavy atom. The van der Waals surface area contributed by atoms with Gasteiger partial charge in [-0.3, -0.25) is 4.79 Å². The van der Waals surface area contributed by atoms with E-state index in [4.69, 9.17) is 0 Å². The van der Waals surface area contributed by atoms with Crippen molar-refractivity contribution in [2.24, 2.45) is 5.10 Å². The van der Waals surface area contributed by atoms with Gasteiger partial charge in [-0.1, -0.05) is 46.3 Å². The van der Waals surface area contributed by atoms with Crippen molar-refractivity contribution in [1.82, 2.24) is 5.43 Å². The van der Waals surface area contributed by atoms with Crippen molar-refractivity contribution in [3.05, 3.63) is 67.0 Å². The minimum Gasteiger partial charge on any atom is -0.506 e. The first-order valence-corrected chi connectivity index (χ1v) is 10.1. The zero-order chi connectivity index (χ0) is 19.6. The van der Waals surface area contributed by atoms with Crippen molar-refractivity contribution >= 4 is 70.7 Å². The molecule has 0 spiro atoms. The standard InChI is InChI=1S/C19H13Br3N2O3/c20-14-6-5-10(12-3-1-2-4-13(12)14)8-16(25)24-23-9-11-7-15(21)19(27)17(22)18(11)26/h1-7,9,26-27H,8H2,(H,24,25). The summed E-state index contributed by atoms with van der Waals surface area (Å²) in [6, 6.07) is 13.1. The summed E-state index contributed by atoms with van der Waals surface area (Å²) in [5, 5.41) is 25.7. The summed E-state index contributed by atoms with van der Waals surface area (Å²) in [6.07, 6.45) is 1.47. The number of carbonyl (C=O) groups excluding carboxylic acids is 1. The van der Waals surface area contributed by atoms with Crippen LogP contribution in [0, 0.1) is 0 Å². The molecule has 27 heavy (non-hydrogen) atoms. The van der Waals surface area contributed by atoms with Crippen molar-refractivity contribution in [1.29, 1.82) is 0 Å². The molecule has 0 saturated carbocycles.